The van der Waals surface area contributed by atoms with Crippen molar-refractivity contribution in [3.05, 3.63) is 83.4 Å². The summed E-state index contributed by atoms with van der Waals surface area (Å²) in [5, 5.41) is 47.8. The van der Waals surface area contributed by atoms with Crippen molar-refractivity contribution in [2.45, 2.75) is 19.8 Å². The van der Waals surface area contributed by atoms with Crippen LogP contribution in [0.4, 0.5) is 5.69 Å². The molecule has 3 rings (SSSR count). The number of rotatable bonds is 4. The summed E-state index contributed by atoms with van der Waals surface area (Å²) >= 11 is 0. The summed E-state index contributed by atoms with van der Waals surface area (Å²) in [4.78, 5) is 1.38. The summed E-state index contributed by atoms with van der Waals surface area (Å²) in [5.74, 6) is -0.441. The Morgan fingerprint density at radius 2 is 1.48 bits per heavy atom. The molecule has 0 atom stereocenters. The van der Waals surface area contributed by atoms with Crippen LogP contribution in [0.15, 0.2) is 66.7 Å². The van der Waals surface area contributed by atoms with Gasteiger partial charge in [0.05, 0.1) is 5.56 Å². The number of hydrogen-bond donors (Lipinski definition) is 5. The summed E-state index contributed by atoms with van der Waals surface area (Å²) in [6.45, 7) is 3.81. The predicted octanol–water partition coefficient (Wildman–Crippen LogP) is 4.78. The van der Waals surface area contributed by atoms with E-state index in [4.69, 9.17) is 10.8 Å². The van der Waals surface area contributed by atoms with Gasteiger partial charge in [-0.15, -0.1) is 0 Å². The molecule has 148 valence electrons. The topological polar surface area (TPSA) is 112 Å². The molecule has 0 aliphatic carbocycles. The molecule has 0 radical (unpaired) electrons. The van der Waals surface area contributed by atoms with Crippen molar-refractivity contribution in [2.75, 3.05) is 4.90 Å². The first kappa shape index (κ1) is 19.9. The lowest BCUT2D eigenvalue weighted by atomic mass is 9.98. The molecule has 0 saturated heterocycles. The minimum atomic E-state index is -0.249. The maximum absolute atomic E-state index is 10.4. The zero-order valence-electron chi connectivity index (χ0n) is 16.2. The molecule has 5 N–H and O–H groups in total. The van der Waals surface area contributed by atoms with Gasteiger partial charge in [0.25, 0.3) is 0 Å². The van der Waals surface area contributed by atoms with Gasteiger partial charge in [0, 0.05) is 17.3 Å². The minimum Gasteiger partial charge on any atom is -0.508 e. The lowest BCUT2D eigenvalue weighted by molar-refractivity contribution is 0.443. The van der Waals surface area contributed by atoms with Gasteiger partial charge >= 0.3 is 0 Å². The summed E-state index contributed by atoms with van der Waals surface area (Å²) < 4.78 is 0. The van der Waals surface area contributed by atoms with Gasteiger partial charge in [-0.1, -0.05) is 44.2 Å². The Morgan fingerprint density at radius 3 is 2.10 bits per heavy atom. The van der Waals surface area contributed by atoms with Crippen LogP contribution in [0, 0.1) is 10.8 Å². The van der Waals surface area contributed by atoms with Crippen LogP contribution in [0.3, 0.4) is 0 Å². The zero-order chi connectivity index (χ0) is 21.1. The molecule has 0 aliphatic heterocycles. The van der Waals surface area contributed by atoms with E-state index in [-0.39, 0.29) is 40.4 Å². The molecule has 3 aromatic carbocycles. The normalized spacial score (nSPS) is 10.7. The molecule has 29 heavy (non-hydrogen) atoms. The SMILES string of the molecule is CC(C)c1cc(C(=N)N(C(=N)c2cccc(O)c2)c2ccccc2)c(O)cc1O. The number of hydrogen-bond acceptors (Lipinski definition) is 5. The zero-order valence-corrected chi connectivity index (χ0v) is 16.2. The Labute approximate surface area is 169 Å². The third-order valence-corrected chi connectivity index (χ3v) is 4.60. The highest BCUT2D eigenvalue weighted by molar-refractivity contribution is 6.28. The molecular formula is C23H23N3O3. The van der Waals surface area contributed by atoms with Gasteiger partial charge in [0.2, 0.25) is 0 Å². The summed E-state index contributed by atoms with van der Waals surface area (Å²) in [5.41, 5.74) is 1.77. The first-order valence-corrected chi connectivity index (χ1v) is 9.17. The van der Waals surface area contributed by atoms with Gasteiger partial charge in [0.1, 0.15) is 28.9 Å². The van der Waals surface area contributed by atoms with Crippen LogP contribution in [0.25, 0.3) is 0 Å². The molecule has 3 aromatic rings. The van der Waals surface area contributed by atoms with Crippen molar-refractivity contribution in [1.82, 2.24) is 0 Å². The van der Waals surface area contributed by atoms with E-state index in [9.17, 15) is 15.3 Å². The Morgan fingerprint density at radius 1 is 0.793 bits per heavy atom. The largest absolute Gasteiger partial charge is 0.508 e. The van der Waals surface area contributed by atoms with E-state index in [1.54, 1.807) is 42.5 Å². The highest BCUT2D eigenvalue weighted by Crippen LogP contribution is 2.34. The first-order valence-electron chi connectivity index (χ1n) is 9.17. The van der Waals surface area contributed by atoms with E-state index in [1.807, 2.05) is 19.9 Å². The van der Waals surface area contributed by atoms with Gasteiger partial charge in [-0.2, -0.15) is 0 Å². The highest BCUT2D eigenvalue weighted by atomic mass is 16.3. The minimum absolute atomic E-state index is 0.0152. The lowest BCUT2D eigenvalue weighted by Gasteiger charge is -2.27. The number of para-hydroxylation sites is 1. The maximum atomic E-state index is 10.4. The van der Waals surface area contributed by atoms with Gasteiger partial charge in [-0.25, -0.2) is 0 Å². The van der Waals surface area contributed by atoms with Crippen LogP contribution < -0.4 is 4.90 Å². The fourth-order valence-electron chi connectivity index (χ4n) is 3.10. The van der Waals surface area contributed by atoms with Crippen molar-refractivity contribution in [2.24, 2.45) is 0 Å². The predicted molar refractivity (Wildman–Crippen MR) is 115 cm³/mol. The highest BCUT2D eigenvalue weighted by Gasteiger charge is 2.24. The monoisotopic (exact) mass is 389 g/mol. The standard InChI is InChI=1S/C23H23N3O3/c1-14(2)18-12-19(21(29)13-20(18)28)23(25)26(16-8-4-3-5-9-16)22(24)15-7-6-10-17(27)11-15/h3-14,24-25,27-29H,1-2H3. The quantitative estimate of drug-likeness (QED) is 0.326. The van der Waals surface area contributed by atoms with E-state index < -0.39 is 0 Å². The molecular weight excluding hydrogens is 366 g/mol. The third-order valence-electron chi connectivity index (χ3n) is 4.60. The second-order valence-corrected chi connectivity index (χ2v) is 7.00. The van der Waals surface area contributed by atoms with Crippen molar-refractivity contribution >= 4 is 17.4 Å². The smallest absolute Gasteiger partial charge is 0.142 e. The van der Waals surface area contributed by atoms with Crippen LogP contribution in [-0.2, 0) is 0 Å². The van der Waals surface area contributed by atoms with Gasteiger partial charge in [0.15, 0.2) is 0 Å². The Bertz CT molecular complexity index is 1060. The molecule has 0 saturated carbocycles. The molecule has 0 amide bonds. The number of amidine groups is 2. The Kier molecular flexibility index (Phi) is 5.54. The number of nitrogens with zero attached hydrogens (tertiary/aromatic N) is 1. The number of phenols is 3. The lowest BCUT2D eigenvalue weighted by Crippen LogP contribution is -2.37. The van der Waals surface area contributed by atoms with Gasteiger partial charge in [-0.3, -0.25) is 15.7 Å². The molecule has 0 aromatic heterocycles. The van der Waals surface area contributed by atoms with E-state index in [1.165, 1.54) is 23.1 Å². The first-order chi connectivity index (χ1) is 13.8. The third kappa shape index (κ3) is 4.06. The van der Waals surface area contributed by atoms with Crippen molar-refractivity contribution in [3.8, 4) is 17.2 Å². The second kappa shape index (κ2) is 8.06. The molecule has 6 heteroatoms. The number of nitrogens with one attached hydrogen (secondary N) is 2. The summed E-state index contributed by atoms with van der Waals surface area (Å²) in [6.07, 6.45) is 0. The van der Waals surface area contributed by atoms with Crippen LogP contribution in [0.5, 0.6) is 17.2 Å². The molecule has 0 heterocycles. The number of aromatic hydroxyl groups is 3. The fourth-order valence-corrected chi connectivity index (χ4v) is 3.10. The number of anilines is 1. The molecule has 0 fully saturated rings. The van der Waals surface area contributed by atoms with Crippen LogP contribution in [0.1, 0.15) is 36.5 Å². The summed E-state index contributed by atoms with van der Waals surface area (Å²) in [7, 11) is 0. The van der Waals surface area contributed by atoms with Crippen LogP contribution in [0.2, 0.25) is 0 Å². The molecule has 0 unspecified atom stereocenters. The maximum Gasteiger partial charge on any atom is 0.142 e. The van der Waals surface area contributed by atoms with Crippen molar-refractivity contribution in [3.63, 3.8) is 0 Å². The van der Waals surface area contributed by atoms with Crippen molar-refractivity contribution < 1.29 is 15.3 Å². The average Bonchev–Trinajstić information content (AvgIpc) is 2.68. The van der Waals surface area contributed by atoms with E-state index in [0.29, 0.717) is 16.8 Å². The number of phenolic OH excluding ortho intramolecular Hbond substituents is 3. The molecule has 0 aliphatic rings. The number of benzene rings is 3. The van der Waals surface area contributed by atoms with Crippen molar-refractivity contribution in [1.29, 1.82) is 10.8 Å². The average molecular weight is 389 g/mol. The van der Waals surface area contributed by atoms with Crippen LogP contribution >= 0.6 is 0 Å². The van der Waals surface area contributed by atoms with Gasteiger partial charge < -0.3 is 15.3 Å². The van der Waals surface area contributed by atoms with E-state index in [0.717, 1.165) is 0 Å². The van der Waals surface area contributed by atoms with Crippen LogP contribution in [-0.4, -0.2) is 27.0 Å². The van der Waals surface area contributed by atoms with E-state index >= 15 is 0 Å². The molecule has 0 spiro atoms. The fraction of sp³-hybridized carbons (Fsp3) is 0.130. The second-order valence-electron chi connectivity index (χ2n) is 7.00. The van der Waals surface area contributed by atoms with E-state index in [2.05, 4.69) is 0 Å². The van der Waals surface area contributed by atoms with Gasteiger partial charge in [-0.05, 0) is 41.8 Å². The summed E-state index contributed by atoms with van der Waals surface area (Å²) in [6, 6.07) is 18.0. The molecule has 0 bridgehead atoms. The Hall–Kier alpha value is -3.80. The molecule has 6 nitrogen and oxygen atoms in total. The Balaban J connectivity index is 2.14.